The maximum absolute atomic E-state index is 6.63. The maximum Gasteiger partial charge on any atom is 0.140 e. The number of ether oxygens (including phenoxy) is 1. The van der Waals surface area contributed by atoms with Crippen LogP contribution in [0.3, 0.4) is 0 Å². The van der Waals surface area contributed by atoms with E-state index in [1.54, 1.807) is 0 Å². The Morgan fingerprint density at radius 3 is 2.41 bits per heavy atom. The number of hydrogen-bond acceptors (Lipinski definition) is 3. The molecule has 0 N–H and O–H groups in total. The Kier molecular flexibility index (Phi) is 6.99. The first-order valence-electron chi connectivity index (χ1n) is 11.3. The Labute approximate surface area is 204 Å². The van der Waals surface area contributed by atoms with E-state index in [-0.39, 0.29) is 6.10 Å². The van der Waals surface area contributed by atoms with Crippen LogP contribution in [0.15, 0.2) is 71.6 Å². The second-order valence-electron chi connectivity index (χ2n) is 8.61. The molecule has 1 aliphatic carbocycles. The predicted octanol–water partition coefficient (Wildman–Crippen LogP) is 7.82. The molecule has 1 fully saturated rings. The minimum atomic E-state index is -0.0536. The zero-order chi connectivity index (χ0) is 21.9. The van der Waals surface area contributed by atoms with Gasteiger partial charge in [0.05, 0.1) is 6.04 Å². The van der Waals surface area contributed by atoms with Gasteiger partial charge in [-0.05, 0) is 79.9 Å². The van der Waals surface area contributed by atoms with Crippen LogP contribution in [-0.4, -0.2) is 24.0 Å². The van der Waals surface area contributed by atoms with Gasteiger partial charge in [0.15, 0.2) is 0 Å². The largest absolute Gasteiger partial charge is 0.484 e. The summed E-state index contributed by atoms with van der Waals surface area (Å²) in [6.07, 6.45) is 4.68. The highest BCUT2D eigenvalue weighted by Gasteiger charge is 2.39. The number of halogens is 2. The summed E-state index contributed by atoms with van der Waals surface area (Å²) >= 11 is 14.8. The molecule has 1 heterocycles. The number of fused-ring (bicyclic) bond motifs is 1. The molecule has 1 saturated heterocycles. The maximum atomic E-state index is 6.63. The van der Waals surface area contributed by atoms with Crippen LogP contribution in [0.25, 0.3) is 0 Å². The first-order valence-corrected chi connectivity index (χ1v) is 13.1. The molecular formula is C27H27Cl2NOS. The number of hydrogen-bond donors (Lipinski definition) is 0. The third-order valence-corrected chi connectivity index (χ3v) is 8.10. The van der Waals surface area contributed by atoms with Crippen LogP contribution in [0, 0.1) is 0 Å². The molecule has 1 aliphatic heterocycles. The molecule has 0 radical (unpaired) electrons. The molecule has 5 rings (SSSR count). The van der Waals surface area contributed by atoms with Gasteiger partial charge in [0.25, 0.3) is 0 Å². The Hall–Kier alpha value is -1.65. The summed E-state index contributed by atoms with van der Waals surface area (Å²) in [5.41, 5.74) is 3.66. The van der Waals surface area contributed by atoms with Crippen molar-refractivity contribution in [2.24, 2.45) is 0 Å². The first kappa shape index (κ1) is 22.2. The third kappa shape index (κ3) is 4.97. The minimum Gasteiger partial charge on any atom is -0.484 e. The van der Waals surface area contributed by atoms with E-state index >= 15 is 0 Å². The van der Waals surface area contributed by atoms with Gasteiger partial charge in [0, 0.05) is 26.3 Å². The van der Waals surface area contributed by atoms with Crippen molar-refractivity contribution in [1.29, 1.82) is 0 Å². The number of benzene rings is 3. The van der Waals surface area contributed by atoms with E-state index in [0.29, 0.717) is 11.1 Å². The molecular weight excluding hydrogens is 457 g/mol. The summed E-state index contributed by atoms with van der Waals surface area (Å²) in [5, 5.41) is 1.43. The Balaban J connectivity index is 1.33. The lowest BCUT2D eigenvalue weighted by Gasteiger charge is -2.35. The van der Waals surface area contributed by atoms with Gasteiger partial charge in [-0.2, -0.15) is 0 Å². The Morgan fingerprint density at radius 1 is 0.906 bits per heavy atom. The van der Waals surface area contributed by atoms with Crippen molar-refractivity contribution in [2.45, 2.75) is 48.5 Å². The van der Waals surface area contributed by atoms with E-state index in [4.69, 9.17) is 27.9 Å². The quantitative estimate of drug-likeness (QED) is 0.331. The highest BCUT2D eigenvalue weighted by atomic mass is 35.5. The molecule has 3 aromatic carbocycles. The van der Waals surface area contributed by atoms with Crippen molar-refractivity contribution in [3.63, 3.8) is 0 Å². The molecule has 0 spiro atoms. The first-order chi connectivity index (χ1) is 15.7. The highest BCUT2D eigenvalue weighted by molar-refractivity contribution is 7.98. The fourth-order valence-corrected chi connectivity index (χ4v) is 6.27. The molecule has 2 atom stereocenters. The molecule has 3 aromatic rings. The second-order valence-corrected chi connectivity index (χ2v) is 10.5. The zero-order valence-corrected chi connectivity index (χ0v) is 20.3. The van der Waals surface area contributed by atoms with E-state index in [2.05, 4.69) is 59.5 Å². The van der Waals surface area contributed by atoms with Crippen LogP contribution in [0.2, 0.25) is 10.0 Å². The number of piperidine rings is 1. The molecule has 32 heavy (non-hydrogen) atoms. The molecule has 0 saturated carbocycles. The molecule has 166 valence electrons. The summed E-state index contributed by atoms with van der Waals surface area (Å²) in [5.74, 6) is 1.86. The SMILES string of the molecule is Clc1cc(Cl)c2c(c1)[C@H](Oc1ccc(SCc3ccccc3)cc1)[C@@H](N1CCCCC1)C2. The Bertz CT molecular complexity index is 1050. The van der Waals surface area contributed by atoms with Gasteiger partial charge in [-0.25, -0.2) is 0 Å². The summed E-state index contributed by atoms with van der Waals surface area (Å²) in [7, 11) is 0. The molecule has 0 bridgehead atoms. The third-order valence-electron chi connectivity index (χ3n) is 6.46. The van der Waals surface area contributed by atoms with Gasteiger partial charge in [0.2, 0.25) is 0 Å². The standard InChI is InChI=1S/C27H27Cl2NOS/c28-20-15-24-23(25(29)16-20)17-26(30-13-5-2-6-14-30)27(24)31-21-9-11-22(12-10-21)32-18-19-7-3-1-4-8-19/h1,3-4,7-12,15-16,26-27H,2,5-6,13-14,17-18H2/t26-,27-/m0/s1. The van der Waals surface area contributed by atoms with E-state index in [9.17, 15) is 0 Å². The lowest BCUT2D eigenvalue weighted by molar-refractivity contribution is 0.0647. The van der Waals surface area contributed by atoms with Crippen molar-refractivity contribution in [3.8, 4) is 5.75 Å². The van der Waals surface area contributed by atoms with Crippen molar-refractivity contribution < 1.29 is 4.74 Å². The lowest BCUT2D eigenvalue weighted by Crippen LogP contribution is -2.43. The molecule has 0 aromatic heterocycles. The normalized spacial score (nSPS) is 20.8. The van der Waals surface area contributed by atoms with E-state index in [1.807, 2.05) is 23.9 Å². The van der Waals surface area contributed by atoms with Gasteiger partial charge in [0.1, 0.15) is 11.9 Å². The average Bonchev–Trinajstić information content (AvgIpc) is 3.18. The van der Waals surface area contributed by atoms with Crippen molar-refractivity contribution >= 4 is 35.0 Å². The van der Waals surface area contributed by atoms with E-state index in [1.165, 1.54) is 35.3 Å². The van der Waals surface area contributed by atoms with Crippen LogP contribution in [0.5, 0.6) is 5.75 Å². The molecule has 5 heteroatoms. The minimum absolute atomic E-state index is 0.0536. The summed E-state index contributed by atoms with van der Waals surface area (Å²) in [6.45, 7) is 2.25. The number of rotatable bonds is 6. The van der Waals surface area contributed by atoms with E-state index < -0.39 is 0 Å². The molecule has 2 nitrogen and oxygen atoms in total. The second kappa shape index (κ2) is 10.1. The zero-order valence-electron chi connectivity index (χ0n) is 18.0. The van der Waals surface area contributed by atoms with Crippen LogP contribution in [0.1, 0.15) is 42.1 Å². The monoisotopic (exact) mass is 483 g/mol. The Morgan fingerprint density at radius 2 is 1.66 bits per heavy atom. The smallest absolute Gasteiger partial charge is 0.140 e. The topological polar surface area (TPSA) is 12.5 Å². The van der Waals surface area contributed by atoms with Crippen LogP contribution in [-0.2, 0) is 12.2 Å². The number of likely N-dealkylation sites (tertiary alicyclic amines) is 1. The average molecular weight is 484 g/mol. The van der Waals surface area contributed by atoms with Gasteiger partial charge >= 0.3 is 0 Å². The van der Waals surface area contributed by atoms with Crippen molar-refractivity contribution in [1.82, 2.24) is 4.90 Å². The van der Waals surface area contributed by atoms with Crippen LogP contribution < -0.4 is 4.74 Å². The summed E-state index contributed by atoms with van der Waals surface area (Å²) < 4.78 is 6.63. The fraction of sp³-hybridized carbons (Fsp3) is 0.333. The molecule has 0 amide bonds. The van der Waals surface area contributed by atoms with Crippen LogP contribution in [0.4, 0.5) is 0 Å². The fourth-order valence-electron chi connectivity index (χ4n) is 4.83. The molecule has 0 unspecified atom stereocenters. The lowest BCUT2D eigenvalue weighted by atomic mass is 10.0. The van der Waals surface area contributed by atoms with Gasteiger partial charge in [-0.1, -0.05) is 60.0 Å². The van der Waals surface area contributed by atoms with Crippen molar-refractivity contribution in [3.05, 3.63) is 93.5 Å². The van der Waals surface area contributed by atoms with Gasteiger partial charge < -0.3 is 4.74 Å². The number of nitrogens with zero attached hydrogens (tertiary/aromatic N) is 1. The van der Waals surface area contributed by atoms with Gasteiger partial charge in [-0.3, -0.25) is 4.90 Å². The number of thioether (sulfide) groups is 1. The summed E-state index contributed by atoms with van der Waals surface area (Å²) in [6, 6.07) is 23.2. The summed E-state index contributed by atoms with van der Waals surface area (Å²) in [4.78, 5) is 3.83. The van der Waals surface area contributed by atoms with Crippen LogP contribution >= 0.6 is 35.0 Å². The van der Waals surface area contributed by atoms with E-state index in [0.717, 1.165) is 41.6 Å². The highest BCUT2D eigenvalue weighted by Crippen LogP contribution is 2.43. The van der Waals surface area contributed by atoms with Crippen molar-refractivity contribution in [2.75, 3.05) is 13.1 Å². The molecule has 2 aliphatic rings. The predicted molar refractivity (Wildman–Crippen MR) is 135 cm³/mol. The van der Waals surface area contributed by atoms with Gasteiger partial charge in [-0.15, -0.1) is 11.8 Å².